The Balaban J connectivity index is 1.99. The SMILES string of the molecule is NC1CCCCCC1C(=O)Nc1ccc(Br)nc1. The second-order valence-electron chi connectivity index (χ2n) is 4.77. The van der Waals surface area contributed by atoms with E-state index in [2.05, 4.69) is 26.2 Å². The highest BCUT2D eigenvalue weighted by Gasteiger charge is 2.26. The van der Waals surface area contributed by atoms with E-state index in [0.717, 1.165) is 36.0 Å². The maximum atomic E-state index is 12.2. The Hall–Kier alpha value is -0.940. The summed E-state index contributed by atoms with van der Waals surface area (Å²) in [7, 11) is 0. The molecule has 1 saturated carbocycles. The molecular formula is C13H18BrN3O. The summed E-state index contributed by atoms with van der Waals surface area (Å²) in [5.41, 5.74) is 6.80. The third-order valence-corrected chi connectivity index (χ3v) is 3.87. The van der Waals surface area contributed by atoms with Crippen LogP contribution in [0.25, 0.3) is 0 Å². The Morgan fingerprint density at radius 1 is 1.33 bits per heavy atom. The van der Waals surface area contributed by atoms with Gasteiger partial charge in [0.05, 0.1) is 17.8 Å². The quantitative estimate of drug-likeness (QED) is 0.652. The lowest BCUT2D eigenvalue weighted by Gasteiger charge is -2.20. The highest BCUT2D eigenvalue weighted by Crippen LogP contribution is 2.23. The van der Waals surface area contributed by atoms with Gasteiger partial charge >= 0.3 is 0 Å². The second-order valence-corrected chi connectivity index (χ2v) is 5.58. The first kappa shape index (κ1) is 13.5. The summed E-state index contributed by atoms with van der Waals surface area (Å²) in [4.78, 5) is 16.3. The molecule has 1 aliphatic rings. The number of hydrogen-bond acceptors (Lipinski definition) is 3. The predicted octanol–water partition coefficient (Wildman–Crippen LogP) is 2.69. The maximum Gasteiger partial charge on any atom is 0.229 e. The van der Waals surface area contributed by atoms with Crippen LogP contribution in [0.4, 0.5) is 5.69 Å². The average Bonchev–Trinajstić information content (AvgIpc) is 2.57. The normalized spacial score (nSPS) is 24.3. The summed E-state index contributed by atoms with van der Waals surface area (Å²) < 4.78 is 0.756. The van der Waals surface area contributed by atoms with E-state index >= 15 is 0 Å². The number of aromatic nitrogens is 1. The van der Waals surface area contributed by atoms with Crippen molar-refractivity contribution in [3.63, 3.8) is 0 Å². The molecule has 0 bridgehead atoms. The highest BCUT2D eigenvalue weighted by molar-refractivity contribution is 9.10. The molecule has 2 rings (SSSR count). The first-order chi connectivity index (χ1) is 8.66. The summed E-state index contributed by atoms with van der Waals surface area (Å²) >= 11 is 3.26. The van der Waals surface area contributed by atoms with Crippen molar-refractivity contribution in [3.8, 4) is 0 Å². The van der Waals surface area contributed by atoms with Crippen LogP contribution in [0.1, 0.15) is 32.1 Å². The fourth-order valence-corrected chi connectivity index (χ4v) is 2.58. The molecule has 0 saturated heterocycles. The third-order valence-electron chi connectivity index (χ3n) is 3.40. The van der Waals surface area contributed by atoms with Crippen LogP contribution >= 0.6 is 15.9 Å². The predicted molar refractivity (Wildman–Crippen MR) is 75.1 cm³/mol. The van der Waals surface area contributed by atoms with Gasteiger partial charge in [0.1, 0.15) is 4.60 Å². The number of hydrogen-bond donors (Lipinski definition) is 2. The molecular weight excluding hydrogens is 294 g/mol. The van der Waals surface area contributed by atoms with Crippen molar-refractivity contribution >= 4 is 27.5 Å². The van der Waals surface area contributed by atoms with Crippen LogP contribution in [0.3, 0.4) is 0 Å². The zero-order chi connectivity index (χ0) is 13.0. The molecule has 98 valence electrons. The molecule has 3 N–H and O–H groups in total. The minimum absolute atomic E-state index is 0.0177. The molecule has 18 heavy (non-hydrogen) atoms. The summed E-state index contributed by atoms with van der Waals surface area (Å²) in [6.07, 6.45) is 6.87. The number of rotatable bonds is 2. The van der Waals surface area contributed by atoms with Crippen LogP contribution in [0.2, 0.25) is 0 Å². The minimum atomic E-state index is -0.0730. The van der Waals surface area contributed by atoms with E-state index < -0.39 is 0 Å². The van der Waals surface area contributed by atoms with Crippen LogP contribution in [0.15, 0.2) is 22.9 Å². The molecule has 0 radical (unpaired) electrons. The molecule has 1 aliphatic carbocycles. The molecule has 2 atom stereocenters. The van der Waals surface area contributed by atoms with E-state index in [0.29, 0.717) is 0 Å². The monoisotopic (exact) mass is 311 g/mol. The third kappa shape index (κ3) is 3.53. The molecule has 2 unspecified atom stereocenters. The minimum Gasteiger partial charge on any atom is -0.327 e. The van der Waals surface area contributed by atoms with Gasteiger partial charge < -0.3 is 11.1 Å². The molecule has 1 heterocycles. The van der Waals surface area contributed by atoms with Crippen molar-refractivity contribution in [2.75, 3.05) is 5.32 Å². The van der Waals surface area contributed by atoms with Gasteiger partial charge in [0.25, 0.3) is 0 Å². The summed E-state index contributed by atoms with van der Waals surface area (Å²) in [6, 6.07) is 3.62. The molecule has 1 fully saturated rings. The topological polar surface area (TPSA) is 68.0 Å². The maximum absolute atomic E-state index is 12.2. The Bertz CT molecular complexity index is 407. The van der Waals surface area contributed by atoms with Crippen LogP contribution in [-0.2, 0) is 4.79 Å². The lowest BCUT2D eigenvalue weighted by Crippen LogP contribution is -2.37. The summed E-state index contributed by atoms with van der Waals surface area (Å²) in [5.74, 6) is -0.0512. The average molecular weight is 312 g/mol. The number of nitrogens with one attached hydrogen (secondary N) is 1. The van der Waals surface area contributed by atoms with Gasteiger partial charge in [-0.3, -0.25) is 4.79 Å². The number of amides is 1. The van der Waals surface area contributed by atoms with Crippen LogP contribution < -0.4 is 11.1 Å². The number of anilines is 1. The largest absolute Gasteiger partial charge is 0.327 e. The molecule has 0 spiro atoms. The lowest BCUT2D eigenvalue weighted by molar-refractivity contribution is -0.120. The van der Waals surface area contributed by atoms with Gasteiger partial charge in [-0.05, 0) is 40.9 Å². The molecule has 4 nitrogen and oxygen atoms in total. The van der Waals surface area contributed by atoms with Gasteiger partial charge in [-0.15, -0.1) is 0 Å². The van der Waals surface area contributed by atoms with E-state index in [1.165, 1.54) is 6.42 Å². The molecule has 0 aliphatic heterocycles. The van der Waals surface area contributed by atoms with E-state index in [1.54, 1.807) is 6.20 Å². The Morgan fingerprint density at radius 3 is 2.83 bits per heavy atom. The van der Waals surface area contributed by atoms with Crippen molar-refractivity contribution in [1.29, 1.82) is 0 Å². The van der Waals surface area contributed by atoms with Crippen molar-refractivity contribution in [1.82, 2.24) is 4.98 Å². The number of carbonyl (C=O) groups is 1. The highest BCUT2D eigenvalue weighted by atomic mass is 79.9. The van der Waals surface area contributed by atoms with Crippen LogP contribution in [-0.4, -0.2) is 16.9 Å². The van der Waals surface area contributed by atoms with Crippen molar-refractivity contribution in [3.05, 3.63) is 22.9 Å². The molecule has 0 aromatic carbocycles. The zero-order valence-electron chi connectivity index (χ0n) is 10.2. The summed E-state index contributed by atoms with van der Waals surface area (Å²) in [5, 5.41) is 2.89. The molecule has 1 amide bonds. The van der Waals surface area contributed by atoms with Gasteiger partial charge in [0.15, 0.2) is 0 Å². The standard InChI is InChI=1S/C13H18BrN3O/c14-12-7-6-9(8-16-12)17-13(18)10-4-2-1-3-5-11(10)15/h6-8,10-11H,1-5,15H2,(H,17,18). The molecule has 1 aromatic heterocycles. The Labute approximate surface area is 115 Å². The summed E-state index contributed by atoms with van der Waals surface area (Å²) in [6.45, 7) is 0. The first-order valence-electron chi connectivity index (χ1n) is 6.35. The number of halogens is 1. The smallest absolute Gasteiger partial charge is 0.229 e. The van der Waals surface area contributed by atoms with Gasteiger partial charge in [-0.2, -0.15) is 0 Å². The van der Waals surface area contributed by atoms with Gasteiger partial charge in [-0.1, -0.05) is 19.3 Å². The van der Waals surface area contributed by atoms with Crippen LogP contribution in [0.5, 0.6) is 0 Å². The fraction of sp³-hybridized carbons (Fsp3) is 0.538. The lowest BCUT2D eigenvalue weighted by atomic mass is 9.94. The number of carbonyl (C=O) groups excluding carboxylic acids is 1. The van der Waals surface area contributed by atoms with Crippen molar-refractivity contribution < 1.29 is 4.79 Å². The van der Waals surface area contributed by atoms with E-state index in [-0.39, 0.29) is 17.9 Å². The van der Waals surface area contributed by atoms with E-state index in [4.69, 9.17) is 5.73 Å². The van der Waals surface area contributed by atoms with E-state index in [1.807, 2.05) is 12.1 Å². The Morgan fingerprint density at radius 2 is 2.11 bits per heavy atom. The van der Waals surface area contributed by atoms with Crippen molar-refractivity contribution in [2.24, 2.45) is 11.7 Å². The zero-order valence-corrected chi connectivity index (χ0v) is 11.8. The fourth-order valence-electron chi connectivity index (χ4n) is 2.35. The first-order valence-corrected chi connectivity index (χ1v) is 7.14. The van der Waals surface area contributed by atoms with Gasteiger partial charge in [0, 0.05) is 6.04 Å². The van der Waals surface area contributed by atoms with Gasteiger partial charge in [-0.25, -0.2) is 4.98 Å². The van der Waals surface area contributed by atoms with Crippen LogP contribution in [0, 0.1) is 5.92 Å². The number of nitrogens with two attached hydrogens (primary N) is 1. The molecule has 1 aromatic rings. The molecule has 5 heteroatoms. The van der Waals surface area contributed by atoms with Crippen molar-refractivity contribution in [2.45, 2.75) is 38.1 Å². The second kappa shape index (κ2) is 6.29. The Kier molecular flexibility index (Phi) is 4.72. The number of nitrogens with zero attached hydrogens (tertiary/aromatic N) is 1. The van der Waals surface area contributed by atoms with E-state index in [9.17, 15) is 4.79 Å². The number of pyridine rings is 1. The van der Waals surface area contributed by atoms with Gasteiger partial charge in [0.2, 0.25) is 5.91 Å².